The Hall–Kier alpha value is -4.35. The molecule has 11 heteroatoms. The van der Waals surface area contributed by atoms with Crippen LogP contribution < -0.4 is 0 Å². The van der Waals surface area contributed by atoms with Gasteiger partial charge in [-0.15, -0.1) is 0 Å². The van der Waals surface area contributed by atoms with Crippen molar-refractivity contribution in [2.45, 2.75) is 157 Å². The van der Waals surface area contributed by atoms with Gasteiger partial charge < -0.3 is 0 Å². The molecular weight excluding hydrogens is 752 g/mol. The molecule has 6 aromatic rings. The second-order valence-electron chi connectivity index (χ2n) is 21.3. The van der Waals surface area contributed by atoms with Crippen molar-refractivity contribution in [3.05, 3.63) is 107 Å². The molecule has 57 heavy (non-hydrogen) atoms. The smallest absolute Gasteiger partial charge is 0.222 e. The Morgan fingerprint density at radius 1 is 0.298 bits per heavy atom. The van der Waals surface area contributed by atoms with Gasteiger partial charge in [-0.3, -0.25) is 0 Å². The average molecular weight is 818 g/mol. The standard InChI is InChI=1S/2C23H33N5.Co/c2*1-21(2,3)16-10-19(27-14-17(12-24-27)22(4,5)6)26-20(11-16)28-15-18(13-25-28)23(7,8)9;/h2*10-15H,1-9H3;/q;;+2. The largest absolute Gasteiger partial charge is 2.00 e. The molecule has 0 aliphatic carbocycles. The zero-order valence-electron chi connectivity index (χ0n) is 37.7. The van der Waals surface area contributed by atoms with Crippen LogP contribution in [0.4, 0.5) is 0 Å². The summed E-state index contributed by atoms with van der Waals surface area (Å²) < 4.78 is 7.47. The molecule has 1 radical (unpaired) electrons. The fraction of sp³-hybridized carbons (Fsp3) is 0.522. The third-order valence-electron chi connectivity index (χ3n) is 10.1. The summed E-state index contributed by atoms with van der Waals surface area (Å²) >= 11 is 0. The molecule has 307 valence electrons. The summed E-state index contributed by atoms with van der Waals surface area (Å²) in [4.78, 5) is 9.76. The van der Waals surface area contributed by atoms with Gasteiger partial charge in [-0.25, -0.2) is 28.7 Å². The molecule has 0 atom stereocenters. The monoisotopic (exact) mass is 817 g/mol. The molecule has 6 rings (SSSR count). The summed E-state index contributed by atoms with van der Waals surface area (Å²) in [5.41, 5.74) is 7.33. The predicted molar refractivity (Wildman–Crippen MR) is 229 cm³/mol. The molecule has 0 amide bonds. The van der Waals surface area contributed by atoms with E-state index < -0.39 is 0 Å². The first kappa shape index (κ1) is 45.3. The van der Waals surface area contributed by atoms with Gasteiger partial charge in [-0.1, -0.05) is 125 Å². The summed E-state index contributed by atoms with van der Waals surface area (Å²) in [5.74, 6) is 3.24. The van der Waals surface area contributed by atoms with Gasteiger partial charge in [-0.2, -0.15) is 20.4 Å². The normalized spacial score (nSPS) is 12.9. The first-order chi connectivity index (χ1) is 25.5. The number of hydrogen-bond acceptors (Lipinski definition) is 6. The van der Waals surface area contributed by atoms with Gasteiger partial charge in [0.15, 0.2) is 23.3 Å². The molecule has 0 N–H and O–H groups in total. The SMILES string of the molecule is CC(C)(C)c1cc(-n2cc(C(C)(C)C)cn2)nc(-n2cc(C(C)(C)C)cn2)c1.CC(C)(C)c1cc(-n2cc(C(C)(C)C)cn2)nc(-n2cc(C(C)(C)C)cn2)c1.[Co+2]. The maximum absolute atomic E-state index is 4.88. The molecule has 6 heterocycles. The van der Waals surface area contributed by atoms with Crippen molar-refractivity contribution in [2.24, 2.45) is 0 Å². The average Bonchev–Trinajstić information content (AvgIpc) is 3.88. The molecule has 0 spiro atoms. The van der Waals surface area contributed by atoms with Gasteiger partial charge in [0.2, 0.25) is 0 Å². The Kier molecular flexibility index (Phi) is 12.5. The van der Waals surface area contributed by atoms with Crippen LogP contribution in [0.5, 0.6) is 0 Å². The first-order valence-electron chi connectivity index (χ1n) is 19.8. The molecule has 10 nitrogen and oxygen atoms in total. The van der Waals surface area contributed by atoms with E-state index in [0.29, 0.717) is 0 Å². The van der Waals surface area contributed by atoms with Gasteiger partial charge in [0.1, 0.15) is 0 Å². The third-order valence-corrected chi connectivity index (χ3v) is 10.1. The van der Waals surface area contributed by atoms with Crippen molar-refractivity contribution in [1.29, 1.82) is 0 Å². The van der Waals surface area contributed by atoms with Gasteiger partial charge >= 0.3 is 16.8 Å². The minimum Gasteiger partial charge on any atom is -0.222 e. The minimum atomic E-state index is -0.00748. The van der Waals surface area contributed by atoms with E-state index >= 15 is 0 Å². The van der Waals surface area contributed by atoms with Gasteiger partial charge in [0, 0.05) is 24.8 Å². The van der Waals surface area contributed by atoms with Gasteiger partial charge in [-0.05, 0) is 90.1 Å². The van der Waals surface area contributed by atoms with Crippen LogP contribution in [0.15, 0.2) is 73.8 Å². The molecule has 0 saturated heterocycles. The van der Waals surface area contributed by atoms with Crippen LogP contribution in [0.25, 0.3) is 23.3 Å². The Morgan fingerprint density at radius 2 is 0.474 bits per heavy atom. The molecule has 0 aliphatic heterocycles. The van der Waals surface area contributed by atoms with E-state index in [4.69, 9.17) is 9.97 Å². The van der Waals surface area contributed by atoms with E-state index in [-0.39, 0.29) is 49.3 Å². The van der Waals surface area contributed by atoms with Crippen LogP contribution in [-0.2, 0) is 49.3 Å². The van der Waals surface area contributed by atoms with E-state index in [9.17, 15) is 0 Å². The van der Waals surface area contributed by atoms with E-state index in [1.165, 1.54) is 33.4 Å². The van der Waals surface area contributed by atoms with Crippen LogP contribution in [0.2, 0.25) is 0 Å². The van der Waals surface area contributed by atoms with Gasteiger partial charge in [0.05, 0.1) is 24.8 Å². The third kappa shape index (κ3) is 11.0. The molecule has 0 bridgehead atoms. The van der Waals surface area contributed by atoms with Crippen molar-refractivity contribution < 1.29 is 16.8 Å². The molecule has 6 aromatic heterocycles. The van der Waals surface area contributed by atoms with Gasteiger partial charge in [0.25, 0.3) is 0 Å². The Labute approximate surface area is 352 Å². The Bertz CT molecular complexity index is 1970. The molecule has 0 fully saturated rings. The second kappa shape index (κ2) is 15.8. The molecule has 0 unspecified atom stereocenters. The maximum Gasteiger partial charge on any atom is 2.00 e. The number of nitrogens with zero attached hydrogens (tertiary/aromatic N) is 10. The van der Waals surface area contributed by atoms with E-state index in [2.05, 4.69) is 194 Å². The summed E-state index contributed by atoms with van der Waals surface area (Å²) in [6, 6.07) is 8.49. The fourth-order valence-corrected chi connectivity index (χ4v) is 5.68. The Morgan fingerprint density at radius 3 is 0.614 bits per heavy atom. The number of rotatable bonds is 4. The van der Waals surface area contributed by atoms with Crippen molar-refractivity contribution in [3.8, 4) is 23.3 Å². The van der Waals surface area contributed by atoms with Crippen molar-refractivity contribution in [1.82, 2.24) is 49.1 Å². The van der Waals surface area contributed by atoms with E-state index in [1.807, 2.05) is 43.5 Å². The molecular formula is C46H66CoN10+2. The molecule has 0 aliphatic rings. The zero-order valence-corrected chi connectivity index (χ0v) is 38.8. The van der Waals surface area contributed by atoms with Crippen LogP contribution in [0.1, 0.15) is 158 Å². The molecule has 0 aromatic carbocycles. The number of aromatic nitrogens is 10. The summed E-state index contributed by atoms with van der Waals surface area (Å²) in [6.07, 6.45) is 16.0. The van der Waals surface area contributed by atoms with Crippen LogP contribution in [-0.4, -0.2) is 49.1 Å². The zero-order chi connectivity index (χ0) is 41.8. The summed E-state index contributed by atoms with van der Waals surface area (Å²) in [6.45, 7) is 39.6. The number of hydrogen-bond donors (Lipinski definition) is 0. The number of pyridine rings is 2. The van der Waals surface area contributed by atoms with Crippen LogP contribution in [0, 0.1) is 0 Å². The maximum atomic E-state index is 4.88. The van der Waals surface area contributed by atoms with Crippen molar-refractivity contribution in [3.63, 3.8) is 0 Å². The summed E-state index contributed by atoms with van der Waals surface area (Å²) in [5, 5.41) is 18.3. The second-order valence-corrected chi connectivity index (χ2v) is 21.3. The van der Waals surface area contributed by atoms with Crippen molar-refractivity contribution >= 4 is 0 Å². The Balaban J connectivity index is 0.000000248. The minimum absolute atomic E-state index is 0. The quantitative estimate of drug-likeness (QED) is 0.176. The van der Waals surface area contributed by atoms with E-state index in [1.54, 1.807) is 0 Å². The van der Waals surface area contributed by atoms with Crippen LogP contribution >= 0.6 is 0 Å². The summed E-state index contributed by atoms with van der Waals surface area (Å²) in [7, 11) is 0. The van der Waals surface area contributed by atoms with E-state index in [0.717, 1.165) is 23.3 Å². The van der Waals surface area contributed by atoms with Crippen molar-refractivity contribution in [2.75, 3.05) is 0 Å². The fourth-order valence-electron chi connectivity index (χ4n) is 5.68. The molecule has 0 saturated carbocycles. The predicted octanol–water partition coefficient (Wildman–Crippen LogP) is 10.7. The topological polar surface area (TPSA) is 97.1 Å². The first-order valence-corrected chi connectivity index (χ1v) is 19.8. The van der Waals surface area contributed by atoms with Crippen LogP contribution in [0.3, 0.4) is 0 Å².